The standard InChI is InChI=1S/C10H23N.CH4O/c1-9(2,3)7-8(11)10(4,5)6;1-2/h8H,7,11H2,1-6H3;2H,1H3. The minimum atomic E-state index is 0.243. The molecule has 0 amide bonds. The maximum absolute atomic E-state index is 7.00. The summed E-state index contributed by atoms with van der Waals surface area (Å²) in [6.45, 7) is 13.3. The SMILES string of the molecule is CC(C)(C)CC(N)C(C)(C)C.CO. The van der Waals surface area contributed by atoms with Gasteiger partial charge in [0.25, 0.3) is 0 Å². The van der Waals surface area contributed by atoms with Crippen molar-refractivity contribution < 1.29 is 5.11 Å². The van der Waals surface area contributed by atoms with Crippen molar-refractivity contribution in [3.8, 4) is 0 Å². The van der Waals surface area contributed by atoms with Gasteiger partial charge in [0, 0.05) is 13.2 Å². The van der Waals surface area contributed by atoms with Gasteiger partial charge < -0.3 is 10.8 Å². The zero-order valence-electron chi connectivity index (χ0n) is 10.3. The lowest BCUT2D eigenvalue weighted by atomic mass is 9.77. The first-order valence-electron chi connectivity index (χ1n) is 4.83. The molecule has 0 aliphatic rings. The lowest BCUT2D eigenvalue weighted by molar-refractivity contribution is 0.231. The Bertz CT molecular complexity index is 119. The largest absolute Gasteiger partial charge is 0.400 e. The van der Waals surface area contributed by atoms with Crippen molar-refractivity contribution >= 4 is 0 Å². The van der Waals surface area contributed by atoms with Crippen LogP contribution in [0.4, 0.5) is 0 Å². The molecule has 0 aromatic rings. The van der Waals surface area contributed by atoms with Crippen LogP contribution in [-0.4, -0.2) is 18.3 Å². The van der Waals surface area contributed by atoms with E-state index in [0.29, 0.717) is 11.5 Å². The van der Waals surface area contributed by atoms with Gasteiger partial charge >= 0.3 is 0 Å². The lowest BCUT2D eigenvalue weighted by Gasteiger charge is -2.32. The van der Waals surface area contributed by atoms with Crippen LogP contribution >= 0.6 is 0 Å². The van der Waals surface area contributed by atoms with E-state index in [0.717, 1.165) is 13.5 Å². The molecule has 0 bridgehead atoms. The molecule has 1 atom stereocenters. The first-order chi connectivity index (χ1) is 5.63. The van der Waals surface area contributed by atoms with E-state index in [1.165, 1.54) is 0 Å². The molecule has 1 unspecified atom stereocenters. The van der Waals surface area contributed by atoms with Crippen molar-refractivity contribution in [3.63, 3.8) is 0 Å². The smallest absolute Gasteiger partial charge is 0.0319 e. The van der Waals surface area contributed by atoms with Gasteiger partial charge in [-0.25, -0.2) is 0 Å². The Morgan fingerprint density at radius 3 is 1.38 bits per heavy atom. The van der Waals surface area contributed by atoms with E-state index >= 15 is 0 Å². The monoisotopic (exact) mass is 189 g/mol. The maximum atomic E-state index is 7.00. The van der Waals surface area contributed by atoms with E-state index in [4.69, 9.17) is 10.8 Å². The molecule has 82 valence electrons. The Balaban J connectivity index is 0. The van der Waals surface area contributed by atoms with Crippen molar-refractivity contribution in [2.24, 2.45) is 16.6 Å². The van der Waals surface area contributed by atoms with Crippen LogP contribution < -0.4 is 5.73 Å². The van der Waals surface area contributed by atoms with E-state index in [-0.39, 0.29) is 5.41 Å². The first kappa shape index (κ1) is 15.4. The third-order valence-electron chi connectivity index (χ3n) is 1.94. The van der Waals surface area contributed by atoms with Crippen LogP contribution in [0, 0.1) is 10.8 Å². The normalized spacial score (nSPS) is 14.5. The quantitative estimate of drug-likeness (QED) is 0.665. The van der Waals surface area contributed by atoms with Gasteiger partial charge in [-0.3, -0.25) is 0 Å². The number of nitrogens with two attached hydrogens (primary N) is 1. The second kappa shape index (κ2) is 5.61. The van der Waals surface area contributed by atoms with Crippen molar-refractivity contribution in [1.29, 1.82) is 0 Å². The van der Waals surface area contributed by atoms with Gasteiger partial charge in [-0.1, -0.05) is 41.5 Å². The molecule has 0 heterocycles. The third kappa shape index (κ3) is 9.84. The molecule has 0 fully saturated rings. The van der Waals surface area contributed by atoms with Crippen LogP contribution in [0.25, 0.3) is 0 Å². The molecule has 0 aliphatic heterocycles. The molecule has 0 rings (SSSR count). The van der Waals surface area contributed by atoms with Gasteiger partial charge in [0.05, 0.1) is 0 Å². The fourth-order valence-corrected chi connectivity index (χ4v) is 0.966. The molecule has 0 saturated heterocycles. The molecule has 3 N–H and O–H groups in total. The number of aliphatic hydroxyl groups is 1. The second-order valence-electron chi connectivity index (χ2n) is 5.74. The Morgan fingerprint density at radius 2 is 1.31 bits per heavy atom. The predicted octanol–water partition coefficient (Wildman–Crippen LogP) is 2.40. The van der Waals surface area contributed by atoms with Crippen LogP contribution in [0.1, 0.15) is 48.0 Å². The summed E-state index contributed by atoms with van der Waals surface area (Å²) in [5, 5.41) is 7.00. The second-order valence-corrected chi connectivity index (χ2v) is 5.74. The zero-order valence-corrected chi connectivity index (χ0v) is 10.3. The van der Waals surface area contributed by atoms with Crippen LogP contribution in [0.5, 0.6) is 0 Å². The van der Waals surface area contributed by atoms with E-state index in [1.54, 1.807) is 0 Å². The molecule has 0 aromatic heterocycles. The van der Waals surface area contributed by atoms with E-state index < -0.39 is 0 Å². The fraction of sp³-hybridized carbons (Fsp3) is 1.00. The topological polar surface area (TPSA) is 46.2 Å². The molecule has 0 spiro atoms. The van der Waals surface area contributed by atoms with Gasteiger partial charge in [0.15, 0.2) is 0 Å². The highest BCUT2D eigenvalue weighted by Gasteiger charge is 2.25. The number of aliphatic hydroxyl groups excluding tert-OH is 1. The number of hydrogen-bond donors (Lipinski definition) is 2. The summed E-state index contributed by atoms with van der Waals surface area (Å²) in [5.41, 5.74) is 6.63. The van der Waals surface area contributed by atoms with Crippen LogP contribution in [-0.2, 0) is 0 Å². The number of hydrogen-bond acceptors (Lipinski definition) is 2. The molecule has 0 saturated carbocycles. The van der Waals surface area contributed by atoms with Crippen molar-refractivity contribution in [1.82, 2.24) is 0 Å². The first-order valence-corrected chi connectivity index (χ1v) is 4.83. The van der Waals surface area contributed by atoms with Crippen LogP contribution in [0.2, 0.25) is 0 Å². The van der Waals surface area contributed by atoms with Crippen molar-refractivity contribution in [2.75, 3.05) is 7.11 Å². The molecule has 13 heavy (non-hydrogen) atoms. The molecular formula is C11H27NO. The molecule has 2 nitrogen and oxygen atoms in total. The Kier molecular flexibility index (Phi) is 6.64. The van der Waals surface area contributed by atoms with Crippen molar-refractivity contribution in [2.45, 2.75) is 54.0 Å². The molecule has 0 radical (unpaired) electrons. The van der Waals surface area contributed by atoms with Gasteiger partial charge in [-0.2, -0.15) is 0 Å². The Morgan fingerprint density at radius 1 is 1.00 bits per heavy atom. The fourth-order valence-electron chi connectivity index (χ4n) is 0.966. The number of rotatable bonds is 1. The van der Waals surface area contributed by atoms with E-state index in [1.807, 2.05) is 0 Å². The average molecular weight is 189 g/mol. The summed E-state index contributed by atoms with van der Waals surface area (Å²) >= 11 is 0. The molecular weight excluding hydrogens is 162 g/mol. The summed E-state index contributed by atoms with van der Waals surface area (Å²) in [7, 11) is 1.00. The highest BCUT2D eigenvalue weighted by Crippen LogP contribution is 2.28. The minimum Gasteiger partial charge on any atom is -0.400 e. The Labute approximate surface area is 83.5 Å². The Hall–Kier alpha value is -0.0800. The van der Waals surface area contributed by atoms with E-state index in [9.17, 15) is 0 Å². The van der Waals surface area contributed by atoms with Crippen molar-refractivity contribution in [3.05, 3.63) is 0 Å². The summed E-state index contributed by atoms with van der Waals surface area (Å²) in [4.78, 5) is 0. The highest BCUT2D eigenvalue weighted by atomic mass is 16.2. The lowest BCUT2D eigenvalue weighted by Crippen LogP contribution is -2.38. The zero-order chi connectivity index (χ0) is 11.3. The molecule has 0 aromatic carbocycles. The average Bonchev–Trinajstić information content (AvgIpc) is 1.86. The minimum absolute atomic E-state index is 0.243. The maximum Gasteiger partial charge on any atom is 0.0319 e. The summed E-state index contributed by atoms with van der Waals surface area (Å²) < 4.78 is 0. The predicted molar refractivity (Wildman–Crippen MR) is 59.6 cm³/mol. The van der Waals surface area contributed by atoms with Gasteiger partial charge in [0.2, 0.25) is 0 Å². The van der Waals surface area contributed by atoms with Gasteiger partial charge in [-0.15, -0.1) is 0 Å². The third-order valence-corrected chi connectivity index (χ3v) is 1.94. The summed E-state index contributed by atoms with van der Waals surface area (Å²) in [6, 6.07) is 0.308. The van der Waals surface area contributed by atoms with Crippen LogP contribution in [0.15, 0.2) is 0 Å². The molecule has 0 aliphatic carbocycles. The summed E-state index contributed by atoms with van der Waals surface area (Å²) in [5.74, 6) is 0. The highest BCUT2D eigenvalue weighted by molar-refractivity contribution is 4.81. The van der Waals surface area contributed by atoms with Gasteiger partial charge in [-0.05, 0) is 17.3 Å². The van der Waals surface area contributed by atoms with Gasteiger partial charge in [0.1, 0.15) is 0 Å². The summed E-state index contributed by atoms with van der Waals surface area (Å²) in [6.07, 6.45) is 1.09. The molecule has 2 heteroatoms. The van der Waals surface area contributed by atoms with Crippen LogP contribution in [0.3, 0.4) is 0 Å². The van der Waals surface area contributed by atoms with E-state index in [2.05, 4.69) is 41.5 Å².